The number of carbonyl (C=O) groups excluding carboxylic acids is 2. The molecule has 0 saturated carbocycles. The fourth-order valence-corrected chi connectivity index (χ4v) is 2.85. The van der Waals surface area contributed by atoms with E-state index in [1.807, 2.05) is 30.3 Å². The lowest BCUT2D eigenvalue weighted by Gasteiger charge is -2.10. The summed E-state index contributed by atoms with van der Waals surface area (Å²) in [5.41, 5.74) is 1.79. The molecule has 0 aliphatic carbocycles. The Labute approximate surface area is 179 Å². The van der Waals surface area contributed by atoms with Gasteiger partial charge in [0.25, 0.3) is 0 Å². The number of anilines is 1. The minimum absolute atomic E-state index is 0.00738. The van der Waals surface area contributed by atoms with Crippen molar-refractivity contribution in [2.45, 2.75) is 25.7 Å². The molecule has 0 heterocycles. The van der Waals surface area contributed by atoms with Crippen LogP contribution in [0.5, 0.6) is 0 Å². The number of thiocarbonyl (C=S) groups is 1. The highest BCUT2D eigenvalue weighted by Gasteiger charge is 2.10. The number of ether oxygens (including phenoxy) is 1. The molecule has 0 saturated heterocycles. The van der Waals surface area contributed by atoms with Crippen LogP contribution in [0.3, 0.4) is 0 Å². The molecule has 1 amide bonds. The van der Waals surface area contributed by atoms with Gasteiger partial charge >= 0.3 is 5.97 Å². The molecule has 2 aromatic rings. The maximum Gasteiger partial charge on any atom is 0.306 e. The van der Waals surface area contributed by atoms with Gasteiger partial charge in [-0.2, -0.15) is 0 Å². The van der Waals surface area contributed by atoms with E-state index in [1.165, 1.54) is 5.56 Å². The van der Waals surface area contributed by atoms with Crippen molar-refractivity contribution in [2.24, 2.45) is 0 Å². The Balaban J connectivity index is 1.61. The average Bonchev–Trinajstić information content (AvgIpc) is 2.67. The predicted molar refractivity (Wildman–Crippen MR) is 116 cm³/mol. The molecule has 8 heteroatoms. The summed E-state index contributed by atoms with van der Waals surface area (Å²) in [6.07, 6.45) is 1.55. The zero-order chi connectivity index (χ0) is 20.4. The number of carbonyl (C=O) groups is 2. The van der Waals surface area contributed by atoms with Crippen molar-refractivity contribution in [3.8, 4) is 0 Å². The first-order valence-electron chi connectivity index (χ1n) is 8.69. The van der Waals surface area contributed by atoms with Crippen LogP contribution in [0, 0.1) is 0 Å². The highest BCUT2D eigenvalue weighted by molar-refractivity contribution is 7.80. The summed E-state index contributed by atoms with van der Waals surface area (Å²) in [5, 5.41) is 6.23. The summed E-state index contributed by atoms with van der Waals surface area (Å²) in [7, 11) is 0. The quantitative estimate of drug-likeness (QED) is 0.353. The van der Waals surface area contributed by atoms with E-state index in [2.05, 4.69) is 10.6 Å². The zero-order valence-corrected chi connectivity index (χ0v) is 17.4. The fourth-order valence-electron chi connectivity index (χ4n) is 2.32. The van der Waals surface area contributed by atoms with Crippen LogP contribution in [0.2, 0.25) is 10.0 Å². The van der Waals surface area contributed by atoms with Crippen LogP contribution in [0.15, 0.2) is 48.5 Å². The molecule has 2 aromatic carbocycles. The Hall–Kier alpha value is -2.15. The Morgan fingerprint density at radius 2 is 1.75 bits per heavy atom. The van der Waals surface area contributed by atoms with Gasteiger partial charge in [0, 0.05) is 12.1 Å². The van der Waals surface area contributed by atoms with Crippen LogP contribution in [-0.4, -0.2) is 23.6 Å². The first kappa shape index (κ1) is 22.1. The molecular formula is C20H20Cl2N2O3S. The van der Waals surface area contributed by atoms with E-state index >= 15 is 0 Å². The Morgan fingerprint density at radius 1 is 1.00 bits per heavy atom. The number of rotatable bonds is 8. The Bertz CT molecular complexity index is 831. The number of esters is 1. The van der Waals surface area contributed by atoms with Crippen molar-refractivity contribution in [1.82, 2.24) is 5.32 Å². The summed E-state index contributed by atoms with van der Waals surface area (Å²) in [6, 6.07) is 14.9. The van der Waals surface area contributed by atoms with E-state index in [-0.39, 0.29) is 23.9 Å². The smallest absolute Gasteiger partial charge is 0.306 e. The maximum absolute atomic E-state index is 11.9. The monoisotopic (exact) mass is 438 g/mol. The van der Waals surface area contributed by atoms with Crippen molar-refractivity contribution < 1.29 is 14.3 Å². The number of benzene rings is 2. The normalized spacial score (nSPS) is 10.2. The van der Waals surface area contributed by atoms with Crippen LogP contribution in [0.1, 0.15) is 24.8 Å². The molecule has 0 unspecified atom stereocenters. The second-order valence-electron chi connectivity index (χ2n) is 5.94. The highest BCUT2D eigenvalue weighted by atomic mass is 35.5. The predicted octanol–water partition coefficient (Wildman–Crippen LogP) is 4.76. The minimum Gasteiger partial charge on any atom is -0.466 e. The van der Waals surface area contributed by atoms with Crippen LogP contribution < -0.4 is 10.6 Å². The number of hydrogen-bond donors (Lipinski definition) is 2. The van der Waals surface area contributed by atoms with E-state index in [9.17, 15) is 9.59 Å². The van der Waals surface area contributed by atoms with E-state index in [4.69, 9.17) is 40.2 Å². The third-order valence-corrected chi connectivity index (χ3v) is 4.65. The number of hydrogen-bond acceptors (Lipinski definition) is 4. The average molecular weight is 439 g/mol. The molecule has 148 valence electrons. The lowest BCUT2D eigenvalue weighted by Crippen LogP contribution is -2.34. The van der Waals surface area contributed by atoms with Crippen molar-refractivity contribution in [3.05, 3.63) is 64.1 Å². The summed E-state index contributed by atoms with van der Waals surface area (Å²) in [5.74, 6) is -0.787. The van der Waals surface area contributed by atoms with Gasteiger partial charge in [0.15, 0.2) is 5.11 Å². The lowest BCUT2D eigenvalue weighted by atomic mass is 10.1. The number of aryl methyl sites for hydroxylation is 1. The second kappa shape index (κ2) is 11.6. The van der Waals surface area contributed by atoms with Crippen LogP contribution >= 0.6 is 35.4 Å². The van der Waals surface area contributed by atoms with Crippen molar-refractivity contribution in [1.29, 1.82) is 0 Å². The molecule has 5 nitrogen and oxygen atoms in total. The largest absolute Gasteiger partial charge is 0.466 e. The third kappa shape index (κ3) is 8.25. The Kier molecular flexibility index (Phi) is 9.20. The fraction of sp³-hybridized carbons (Fsp3) is 0.250. The summed E-state index contributed by atoms with van der Waals surface area (Å²) in [6.45, 7) is 0.326. The van der Waals surface area contributed by atoms with Gasteiger partial charge in [-0.05, 0) is 48.8 Å². The maximum atomic E-state index is 11.9. The molecule has 28 heavy (non-hydrogen) atoms. The standard InChI is InChI=1S/C20H20Cl2N2O3S/c21-16-9-8-15(13-17(16)22)23-20(28)24-18(25)10-11-19(26)27-12-4-7-14-5-2-1-3-6-14/h1-3,5-6,8-9,13H,4,7,10-12H2,(H2,23,24,25,28). The first-order chi connectivity index (χ1) is 13.4. The van der Waals surface area contributed by atoms with Crippen LogP contribution in [0.25, 0.3) is 0 Å². The SMILES string of the molecule is O=C(CCC(=O)OCCCc1ccccc1)NC(=S)Nc1ccc(Cl)c(Cl)c1. The van der Waals surface area contributed by atoms with E-state index in [1.54, 1.807) is 18.2 Å². The number of halogens is 2. The summed E-state index contributed by atoms with van der Waals surface area (Å²) < 4.78 is 5.14. The molecule has 0 aliphatic heterocycles. The summed E-state index contributed by atoms with van der Waals surface area (Å²) in [4.78, 5) is 23.6. The van der Waals surface area contributed by atoms with Gasteiger partial charge in [-0.1, -0.05) is 53.5 Å². The lowest BCUT2D eigenvalue weighted by molar-refractivity contribution is -0.145. The molecule has 0 radical (unpaired) electrons. The van der Waals surface area contributed by atoms with Gasteiger partial charge in [0.1, 0.15) is 0 Å². The molecule has 0 atom stereocenters. The van der Waals surface area contributed by atoms with Gasteiger partial charge in [0.05, 0.1) is 23.1 Å². The van der Waals surface area contributed by atoms with Crippen LogP contribution in [0.4, 0.5) is 5.69 Å². The zero-order valence-electron chi connectivity index (χ0n) is 15.0. The molecule has 2 rings (SSSR count). The number of nitrogens with one attached hydrogen (secondary N) is 2. The summed E-state index contributed by atoms with van der Waals surface area (Å²) >= 11 is 16.8. The first-order valence-corrected chi connectivity index (χ1v) is 9.86. The van der Waals surface area contributed by atoms with Gasteiger partial charge in [-0.25, -0.2) is 0 Å². The van der Waals surface area contributed by atoms with Gasteiger partial charge in [0.2, 0.25) is 5.91 Å². The third-order valence-electron chi connectivity index (χ3n) is 3.70. The molecule has 0 fully saturated rings. The van der Waals surface area contributed by atoms with Gasteiger partial charge in [-0.15, -0.1) is 0 Å². The van der Waals surface area contributed by atoms with E-state index < -0.39 is 5.97 Å². The van der Waals surface area contributed by atoms with E-state index in [0.29, 0.717) is 22.3 Å². The van der Waals surface area contributed by atoms with Crippen molar-refractivity contribution >= 4 is 58.1 Å². The van der Waals surface area contributed by atoms with Crippen molar-refractivity contribution in [3.63, 3.8) is 0 Å². The molecule has 0 spiro atoms. The molecule has 0 aliphatic rings. The van der Waals surface area contributed by atoms with Gasteiger partial charge in [-0.3, -0.25) is 9.59 Å². The van der Waals surface area contributed by atoms with Crippen LogP contribution in [-0.2, 0) is 20.7 Å². The molecular weight excluding hydrogens is 419 g/mol. The topological polar surface area (TPSA) is 67.4 Å². The van der Waals surface area contributed by atoms with Crippen molar-refractivity contribution in [2.75, 3.05) is 11.9 Å². The van der Waals surface area contributed by atoms with E-state index in [0.717, 1.165) is 12.8 Å². The molecule has 0 bridgehead atoms. The number of amides is 1. The second-order valence-corrected chi connectivity index (χ2v) is 7.16. The Morgan fingerprint density at radius 3 is 2.46 bits per heavy atom. The highest BCUT2D eigenvalue weighted by Crippen LogP contribution is 2.24. The molecule has 0 aromatic heterocycles. The van der Waals surface area contributed by atoms with Gasteiger partial charge < -0.3 is 15.4 Å². The molecule has 2 N–H and O–H groups in total. The minimum atomic E-state index is -0.411.